The Morgan fingerprint density at radius 2 is 1.61 bits per heavy atom. The molecule has 0 amide bonds. The van der Waals surface area contributed by atoms with E-state index in [0.29, 0.717) is 28.9 Å². The molecule has 0 radical (unpaired) electrons. The molecule has 0 aliphatic heterocycles. The summed E-state index contributed by atoms with van der Waals surface area (Å²) in [5.41, 5.74) is 5.45. The molecule has 0 fully saturated rings. The van der Waals surface area contributed by atoms with Crippen molar-refractivity contribution >= 4 is 17.7 Å². The highest BCUT2D eigenvalue weighted by Gasteiger charge is 2.31. The van der Waals surface area contributed by atoms with E-state index in [0.717, 1.165) is 39.9 Å². The number of Topliss-reactive ketones (excluding diaryl/α,β-unsaturated/α-hetero) is 1. The Labute approximate surface area is 267 Å². The van der Waals surface area contributed by atoms with E-state index in [-0.39, 0.29) is 43.8 Å². The Morgan fingerprint density at radius 1 is 0.891 bits per heavy atom. The van der Waals surface area contributed by atoms with Gasteiger partial charge >= 0.3 is 12.1 Å². The molecule has 0 atom stereocenters. The van der Waals surface area contributed by atoms with E-state index in [4.69, 9.17) is 9.84 Å². The molecular weight excluding hydrogens is 595 g/mol. The summed E-state index contributed by atoms with van der Waals surface area (Å²) in [4.78, 5) is 34.4. The highest BCUT2D eigenvalue weighted by atomic mass is 19.4. The molecule has 4 rings (SSSR count). The van der Waals surface area contributed by atoms with Crippen molar-refractivity contribution in [2.24, 2.45) is 5.92 Å². The zero-order valence-corrected chi connectivity index (χ0v) is 26.6. The molecule has 0 spiro atoms. The second-order valence-corrected chi connectivity index (χ2v) is 11.8. The van der Waals surface area contributed by atoms with Crippen LogP contribution < -0.4 is 9.64 Å². The second kappa shape index (κ2) is 14.6. The van der Waals surface area contributed by atoms with E-state index in [2.05, 4.69) is 9.97 Å². The normalized spacial score (nSPS) is 11.5. The van der Waals surface area contributed by atoms with Crippen molar-refractivity contribution in [2.45, 2.75) is 66.7 Å². The number of aliphatic carboxylic acids is 1. The third kappa shape index (κ3) is 8.93. The van der Waals surface area contributed by atoms with Crippen LogP contribution in [0.15, 0.2) is 67.0 Å². The fourth-order valence-corrected chi connectivity index (χ4v) is 5.22. The summed E-state index contributed by atoms with van der Waals surface area (Å²) in [5, 5.41) is 8.85. The zero-order valence-electron chi connectivity index (χ0n) is 26.6. The van der Waals surface area contributed by atoms with E-state index in [1.165, 1.54) is 12.4 Å². The molecule has 3 aromatic carbocycles. The SMILES string of the molecule is Cc1cc(CN(Cc2cc(C)ccc2-c2cc(C(=O)C(C)C)ccc2C)c2ncc(OCCCC(=O)O)cn2)cc(C(F)(F)F)c1. The molecule has 7 nitrogen and oxygen atoms in total. The molecular formula is C36H38F3N3O4. The van der Waals surface area contributed by atoms with Crippen LogP contribution in [0.4, 0.5) is 19.1 Å². The van der Waals surface area contributed by atoms with Crippen molar-refractivity contribution in [3.05, 3.63) is 106 Å². The Kier molecular flexibility index (Phi) is 10.8. The lowest BCUT2D eigenvalue weighted by Gasteiger charge is -2.26. The van der Waals surface area contributed by atoms with Gasteiger partial charge in [-0.3, -0.25) is 9.59 Å². The van der Waals surface area contributed by atoms with Crippen molar-refractivity contribution in [2.75, 3.05) is 11.5 Å². The van der Waals surface area contributed by atoms with Gasteiger partial charge in [-0.15, -0.1) is 0 Å². The maximum absolute atomic E-state index is 13.7. The standard InChI is InChI=1S/C36H38F3N3O4/c1-22(2)34(45)27-10-9-25(5)32(17-27)31-11-8-23(3)14-28(31)21-42(20-26-13-24(4)15-29(16-26)36(37,38)39)35-40-18-30(19-41-35)46-12-6-7-33(43)44/h8-11,13-19,22H,6-7,12,20-21H2,1-5H3,(H,43,44). The summed E-state index contributed by atoms with van der Waals surface area (Å²) in [7, 11) is 0. The van der Waals surface area contributed by atoms with Gasteiger partial charge < -0.3 is 14.7 Å². The predicted molar refractivity (Wildman–Crippen MR) is 171 cm³/mol. The predicted octanol–water partition coefficient (Wildman–Crippen LogP) is 8.38. The first-order valence-electron chi connectivity index (χ1n) is 15.1. The number of halogens is 3. The fourth-order valence-electron chi connectivity index (χ4n) is 5.22. The van der Waals surface area contributed by atoms with Gasteiger partial charge in [-0.25, -0.2) is 9.97 Å². The van der Waals surface area contributed by atoms with Gasteiger partial charge in [0.15, 0.2) is 11.5 Å². The van der Waals surface area contributed by atoms with E-state index >= 15 is 0 Å². The number of carboxylic acid groups (broad SMARTS) is 1. The Morgan fingerprint density at radius 3 is 2.26 bits per heavy atom. The van der Waals surface area contributed by atoms with Gasteiger partial charge in [0.2, 0.25) is 5.95 Å². The number of nitrogens with zero attached hydrogens (tertiary/aromatic N) is 3. The van der Waals surface area contributed by atoms with Crippen LogP contribution in [0.5, 0.6) is 5.75 Å². The molecule has 0 unspecified atom stereocenters. The molecule has 1 N–H and O–H groups in total. The van der Waals surface area contributed by atoms with Gasteiger partial charge in [-0.2, -0.15) is 13.2 Å². The van der Waals surface area contributed by atoms with Crippen LogP contribution in [-0.4, -0.2) is 33.4 Å². The molecule has 0 saturated carbocycles. The molecule has 0 saturated heterocycles. The van der Waals surface area contributed by atoms with Crippen molar-refractivity contribution in [1.82, 2.24) is 9.97 Å². The first-order valence-corrected chi connectivity index (χ1v) is 15.1. The largest absolute Gasteiger partial charge is 0.490 e. The molecule has 10 heteroatoms. The average Bonchev–Trinajstić information content (AvgIpc) is 2.99. The number of carboxylic acids is 1. The number of rotatable bonds is 13. The lowest BCUT2D eigenvalue weighted by molar-refractivity contribution is -0.138. The van der Waals surface area contributed by atoms with Gasteiger partial charge in [0.25, 0.3) is 0 Å². The van der Waals surface area contributed by atoms with Crippen LogP contribution in [0, 0.1) is 26.7 Å². The highest BCUT2D eigenvalue weighted by Crippen LogP contribution is 2.33. The number of ether oxygens (including phenoxy) is 1. The van der Waals surface area contributed by atoms with Crippen molar-refractivity contribution in [3.63, 3.8) is 0 Å². The van der Waals surface area contributed by atoms with Gasteiger partial charge in [0.1, 0.15) is 0 Å². The number of ketones is 1. The van der Waals surface area contributed by atoms with Crippen molar-refractivity contribution in [1.29, 1.82) is 0 Å². The number of benzene rings is 3. The summed E-state index contributed by atoms with van der Waals surface area (Å²) < 4.78 is 46.8. The summed E-state index contributed by atoms with van der Waals surface area (Å²) in [5.74, 6) is -0.418. The van der Waals surface area contributed by atoms with E-state index in [1.54, 1.807) is 17.9 Å². The number of hydrogen-bond donors (Lipinski definition) is 1. The summed E-state index contributed by atoms with van der Waals surface area (Å²) in [6.07, 6.45) is -1.28. The first kappa shape index (κ1) is 34.1. The minimum Gasteiger partial charge on any atom is -0.490 e. The highest BCUT2D eigenvalue weighted by molar-refractivity contribution is 5.98. The molecule has 242 valence electrons. The number of anilines is 1. The van der Waals surface area contributed by atoms with Crippen LogP contribution in [0.25, 0.3) is 11.1 Å². The van der Waals surface area contributed by atoms with E-state index in [9.17, 15) is 22.8 Å². The van der Waals surface area contributed by atoms with Crippen LogP contribution >= 0.6 is 0 Å². The topological polar surface area (TPSA) is 92.6 Å². The summed E-state index contributed by atoms with van der Waals surface area (Å²) >= 11 is 0. The number of carbonyl (C=O) groups is 2. The quantitative estimate of drug-likeness (QED) is 0.117. The Bertz CT molecular complexity index is 1700. The monoisotopic (exact) mass is 633 g/mol. The smallest absolute Gasteiger partial charge is 0.416 e. The molecule has 0 aliphatic rings. The minimum atomic E-state index is -4.50. The molecule has 46 heavy (non-hydrogen) atoms. The Hall–Kier alpha value is -4.73. The second-order valence-electron chi connectivity index (χ2n) is 11.8. The average molecular weight is 634 g/mol. The number of aryl methyl sites for hydroxylation is 3. The maximum Gasteiger partial charge on any atom is 0.416 e. The molecule has 0 aliphatic carbocycles. The van der Waals surface area contributed by atoms with Gasteiger partial charge in [0.05, 0.1) is 24.6 Å². The van der Waals surface area contributed by atoms with Gasteiger partial charge in [-0.1, -0.05) is 61.4 Å². The third-order valence-corrected chi connectivity index (χ3v) is 7.50. The lowest BCUT2D eigenvalue weighted by Crippen LogP contribution is -2.25. The number of alkyl halides is 3. The molecule has 0 bridgehead atoms. The van der Waals surface area contributed by atoms with Gasteiger partial charge in [-0.05, 0) is 73.2 Å². The van der Waals surface area contributed by atoms with E-state index < -0.39 is 17.7 Å². The van der Waals surface area contributed by atoms with E-state index in [1.807, 2.05) is 64.1 Å². The zero-order chi connectivity index (χ0) is 33.6. The Balaban J connectivity index is 1.75. The third-order valence-electron chi connectivity index (χ3n) is 7.50. The summed E-state index contributed by atoms with van der Waals surface area (Å²) in [6.45, 7) is 9.80. The molecule has 1 aromatic heterocycles. The van der Waals surface area contributed by atoms with Gasteiger partial charge in [0, 0.05) is 31.0 Å². The lowest BCUT2D eigenvalue weighted by atomic mass is 9.90. The number of carbonyl (C=O) groups excluding carboxylic acids is 1. The fraction of sp³-hybridized carbons (Fsp3) is 0.333. The minimum absolute atomic E-state index is 0.0318. The van der Waals surface area contributed by atoms with Crippen LogP contribution in [0.2, 0.25) is 0 Å². The molecule has 4 aromatic rings. The number of hydrogen-bond acceptors (Lipinski definition) is 6. The van der Waals surface area contributed by atoms with Crippen LogP contribution in [0.3, 0.4) is 0 Å². The van der Waals surface area contributed by atoms with Crippen LogP contribution in [0.1, 0.15) is 70.4 Å². The van der Waals surface area contributed by atoms with Crippen molar-refractivity contribution < 1.29 is 32.6 Å². The maximum atomic E-state index is 13.7. The summed E-state index contributed by atoms with van der Waals surface area (Å²) in [6, 6.07) is 15.6. The molecule has 1 heterocycles. The van der Waals surface area contributed by atoms with Crippen LogP contribution in [-0.2, 0) is 24.1 Å². The van der Waals surface area contributed by atoms with Crippen molar-refractivity contribution in [3.8, 4) is 16.9 Å². The first-order chi connectivity index (χ1) is 21.7. The number of aromatic nitrogens is 2.